The predicted octanol–water partition coefficient (Wildman–Crippen LogP) is 7.16. The molecule has 34 heavy (non-hydrogen) atoms. The maximum Gasteiger partial charge on any atom is 0.0975 e. The summed E-state index contributed by atoms with van der Waals surface area (Å²) >= 11 is 0. The van der Waals surface area contributed by atoms with E-state index in [0.29, 0.717) is 17.9 Å². The highest BCUT2D eigenvalue weighted by Crippen LogP contribution is 2.69. The fourth-order valence-corrected chi connectivity index (χ4v) is 9.02. The Bertz CT molecular complexity index is 1230. The second kappa shape index (κ2) is 6.86. The molecule has 2 nitrogen and oxygen atoms in total. The SMILES string of the molecule is C[C@]12CC=C3C=C4CC[C@@H]([N+](C)(C)C)C[C@]45CC[C@]3(O5)[C@@H]1CC[C@@H]2c1ccc2ccccc2c1. The molecule has 2 aliphatic heterocycles. The molecule has 0 aromatic heterocycles. The lowest BCUT2D eigenvalue weighted by molar-refractivity contribution is -0.898. The van der Waals surface area contributed by atoms with Crippen LogP contribution in [-0.4, -0.2) is 42.9 Å². The van der Waals surface area contributed by atoms with Crippen LogP contribution < -0.4 is 0 Å². The summed E-state index contributed by atoms with van der Waals surface area (Å²) in [6, 6.07) is 16.8. The maximum absolute atomic E-state index is 7.49. The van der Waals surface area contributed by atoms with E-state index in [0.717, 1.165) is 4.48 Å². The van der Waals surface area contributed by atoms with Crippen molar-refractivity contribution in [2.75, 3.05) is 21.1 Å². The number of allylic oxidation sites excluding steroid dienone is 1. The summed E-state index contributed by atoms with van der Waals surface area (Å²) in [6.45, 7) is 2.59. The van der Waals surface area contributed by atoms with Crippen molar-refractivity contribution >= 4 is 10.8 Å². The Labute approximate surface area is 205 Å². The molecule has 2 bridgehead atoms. The molecule has 6 atom stereocenters. The number of nitrogens with zero attached hydrogens (tertiary/aromatic N) is 1. The van der Waals surface area contributed by atoms with Crippen molar-refractivity contribution in [1.82, 2.24) is 0 Å². The van der Waals surface area contributed by atoms with E-state index in [2.05, 4.69) is 82.7 Å². The highest BCUT2D eigenvalue weighted by atomic mass is 16.5. The Morgan fingerprint density at radius 1 is 0.941 bits per heavy atom. The first-order valence-electron chi connectivity index (χ1n) is 13.7. The van der Waals surface area contributed by atoms with Crippen LogP contribution in [0.2, 0.25) is 0 Å². The summed E-state index contributed by atoms with van der Waals surface area (Å²) < 4.78 is 8.55. The molecule has 0 unspecified atom stereocenters. The topological polar surface area (TPSA) is 9.23 Å². The highest BCUT2D eigenvalue weighted by Gasteiger charge is 2.67. The van der Waals surface area contributed by atoms with Crippen LogP contribution in [0.1, 0.15) is 69.8 Å². The number of rotatable bonds is 2. The first kappa shape index (κ1) is 21.4. The molecule has 3 aliphatic carbocycles. The largest absolute Gasteiger partial charge is 0.359 e. The van der Waals surface area contributed by atoms with Crippen LogP contribution >= 0.6 is 0 Å². The Morgan fingerprint density at radius 2 is 1.76 bits per heavy atom. The van der Waals surface area contributed by atoms with Gasteiger partial charge in [0.05, 0.1) is 38.4 Å². The molecule has 2 aromatic carbocycles. The Kier molecular flexibility index (Phi) is 4.31. The number of fused-ring (bicyclic) bond motifs is 2. The van der Waals surface area contributed by atoms with Gasteiger partial charge in [0.2, 0.25) is 0 Å². The standard InChI is InChI=1S/C32H40NO/c1-30-16-15-26-20-25-11-12-27(33(2,3)4)21-31(25)17-18-32(26,34-31)29(30)14-13-28(30)24-10-9-22-7-5-6-8-23(22)19-24/h5-10,15,19-20,27-29H,11-14,16-18,21H2,1-4H3/q+1/t27-,28-,29-,30-,31-,32-/m1/s1. The fourth-order valence-electron chi connectivity index (χ4n) is 9.02. The van der Waals surface area contributed by atoms with Gasteiger partial charge in [0, 0.05) is 12.8 Å². The van der Waals surface area contributed by atoms with Gasteiger partial charge in [-0.2, -0.15) is 0 Å². The molecule has 2 saturated carbocycles. The minimum Gasteiger partial charge on any atom is -0.359 e. The van der Waals surface area contributed by atoms with Gasteiger partial charge in [0.15, 0.2) is 0 Å². The molecule has 2 heteroatoms. The molecule has 2 heterocycles. The third kappa shape index (κ3) is 2.76. The van der Waals surface area contributed by atoms with Gasteiger partial charge in [0.1, 0.15) is 0 Å². The van der Waals surface area contributed by atoms with Gasteiger partial charge in [-0.1, -0.05) is 61.5 Å². The van der Waals surface area contributed by atoms with Crippen LogP contribution in [-0.2, 0) is 4.74 Å². The zero-order valence-electron chi connectivity index (χ0n) is 21.4. The van der Waals surface area contributed by atoms with Crippen LogP contribution in [0, 0.1) is 11.3 Å². The number of quaternary nitrogens is 1. The van der Waals surface area contributed by atoms with Gasteiger partial charge in [-0.15, -0.1) is 0 Å². The third-order valence-electron chi connectivity index (χ3n) is 10.9. The molecule has 178 valence electrons. The van der Waals surface area contributed by atoms with E-state index in [1.54, 1.807) is 16.7 Å². The smallest absolute Gasteiger partial charge is 0.0975 e. The second-order valence-corrected chi connectivity index (χ2v) is 13.3. The predicted molar refractivity (Wildman–Crippen MR) is 140 cm³/mol. The number of hydrogen-bond acceptors (Lipinski definition) is 1. The molecule has 0 N–H and O–H groups in total. The Balaban J connectivity index is 1.27. The minimum absolute atomic E-state index is 0.00503. The lowest BCUT2D eigenvalue weighted by Crippen LogP contribution is -2.57. The second-order valence-electron chi connectivity index (χ2n) is 13.3. The van der Waals surface area contributed by atoms with E-state index in [9.17, 15) is 0 Å². The van der Waals surface area contributed by atoms with E-state index < -0.39 is 0 Å². The van der Waals surface area contributed by atoms with E-state index in [4.69, 9.17) is 4.74 Å². The summed E-state index contributed by atoms with van der Waals surface area (Å²) in [7, 11) is 7.12. The summed E-state index contributed by atoms with van der Waals surface area (Å²) in [5.41, 5.74) is 4.93. The summed E-state index contributed by atoms with van der Waals surface area (Å²) in [4.78, 5) is 0. The molecule has 7 rings (SSSR count). The Hall–Kier alpha value is -1.90. The molecule has 1 saturated heterocycles. The monoisotopic (exact) mass is 454 g/mol. The summed E-state index contributed by atoms with van der Waals surface area (Å²) in [6.07, 6.45) is 15.2. The zero-order chi connectivity index (χ0) is 23.3. The van der Waals surface area contributed by atoms with Gasteiger partial charge in [-0.3, -0.25) is 0 Å². The lowest BCUT2D eigenvalue weighted by atomic mass is 9.58. The van der Waals surface area contributed by atoms with Gasteiger partial charge in [-0.05, 0) is 83.3 Å². The summed E-state index contributed by atoms with van der Waals surface area (Å²) in [5.74, 6) is 1.24. The number of benzene rings is 2. The van der Waals surface area contributed by atoms with Crippen molar-refractivity contribution in [3.8, 4) is 0 Å². The number of hydrogen-bond donors (Lipinski definition) is 0. The van der Waals surface area contributed by atoms with Crippen LogP contribution in [0.4, 0.5) is 0 Å². The van der Waals surface area contributed by atoms with Crippen LogP contribution in [0.3, 0.4) is 0 Å². The average molecular weight is 455 g/mol. The zero-order valence-corrected chi connectivity index (χ0v) is 21.4. The first-order chi connectivity index (χ1) is 16.2. The molecule has 3 fully saturated rings. The maximum atomic E-state index is 7.49. The summed E-state index contributed by atoms with van der Waals surface area (Å²) in [5, 5.41) is 2.73. The molecule has 2 aromatic rings. The van der Waals surface area contributed by atoms with Crippen molar-refractivity contribution in [3.05, 3.63) is 71.3 Å². The molecule has 2 spiro atoms. The lowest BCUT2D eigenvalue weighted by Gasteiger charge is -2.55. The van der Waals surface area contributed by atoms with E-state index in [1.807, 2.05) is 0 Å². The van der Waals surface area contributed by atoms with Crippen LogP contribution in [0.25, 0.3) is 10.8 Å². The van der Waals surface area contributed by atoms with Gasteiger partial charge < -0.3 is 9.22 Å². The fraction of sp³-hybridized carbons (Fsp3) is 0.562. The van der Waals surface area contributed by atoms with E-state index >= 15 is 0 Å². The van der Waals surface area contributed by atoms with Crippen molar-refractivity contribution in [2.45, 2.75) is 81.5 Å². The van der Waals surface area contributed by atoms with Crippen LogP contribution in [0.5, 0.6) is 0 Å². The quantitative estimate of drug-likeness (QED) is 0.438. The molecule has 0 radical (unpaired) electrons. The van der Waals surface area contributed by atoms with Gasteiger partial charge in [0.25, 0.3) is 0 Å². The number of ether oxygens (including phenoxy) is 1. The molecule has 5 aliphatic rings. The molecular weight excluding hydrogens is 414 g/mol. The normalized spacial score (nSPS) is 40.9. The van der Waals surface area contributed by atoms with Crippen molar-refractivity contribution < 1.29 is 9.22 Å². The Morgan fingerprint density at radius 3 is 2.59 bits per heavy atom. The van der Waals surface area contributed by atoms with Crippen molar-refractivity contribution in [3.63, 3.8) is 0 Å². The van der Waals surface area contributed by atoms with Crippen LogP contribution in [0.15, 0.2) is 65.8 Å². The van der Waals surface area contributed by atoms with Gasteiger partial charge >= 0.3 is 0 Å². The van der Waals surface area contributed by atoms with Crippen molar-refractivity contribution in [2.24, 2.45) is 11.3 Å². The van der Waals surface area contributed by atoms with Crippen molar-refractivity contribution in [1.29, 1.82) is 0 Å². The highest BCUT2D eigenvalue weighted by molar-refractivity contribution is 5.83. The van der Waals surface area contributed by atoms with Gasteiger partial charge in [-0.25, -0.2) is 0 Å². The first-order valence-corrected chi connectivity index (χ1v) is 13.7. The average Bonchev–Trinajstić information content (AvgIpc) is 3.33. The van der Waals surface area contributed by atoms with E-state index in [-0.39, 0.29) is 16.6 Å². The third-order valence-corrected chi connectivity index (χ3v) is 10.9. The van der Waals surface area contributed by atoms with E-state index in [1.165, 1.54) is 62.1 Å². The minimum atomic E-state index is -0.0468. The molecular formula is C32H40NO+. The molecule has 0 amide bonds.